The molecule has 5 rings (SSSR count). The summed E-state index contributed by atoms with van der Waals surface area (Å²) in [7, 11) is 0. The zero-order valence-corrected chi connectivity index (χ0v) is 23.3. The molecule has 0 bridgehead atoms. The number of thioether (sulfide) groups is 1. The predicted molar refractivity (Wildman–Crippen MR) is 153 cm³/mol. The highest BCUT2D eigenvalue weighted by Crippen LogP contribution is 2.48. The Morgan fingerprint density at radius 2 is 1.89 bits per heavy atom. The predicted octanol–water partition coefficient (Wildman–Crippen LogP) is 7.02. The molecule has 1 heterocycles. The molecule has 0 aliphatic heterocycles. The summed E-state index contributed by atoms with van der Waals surface area (Å²) in [6, 6.07) is 13.8. The zero-order chi connectivity index (χ0) is 26.2. The van der Waals surface area contributed by atoms with Gasteiger partial charge in [0.2, 0.25) is 5.91 Å². The number of hydrogen-bond donors (Lipinski definition) is 1. The van der Waals surface area contributed by atoms with E-state index >= 15 is 0 Å². The fraction of sp³-hybridized carbons (Fsp3) is 0.433. The van der Waals surface area contributed by atoms with Gasteiger partial charge in [0.05, 0.1) is 17.0 Å². The zero-order valence-electron chi connectivity index (χ0n) is 21.8. The molecule has 2 aromatic carbocycles. The van der Waals surface area contributed by atoms with Crippen LogP contribution in [-0.4, -0.2) is 21.2 Å². The Morgan fingerprint density at radius 1 is 1.14 bits per heavy atom. The lowest BCUT2D eigenvalue weighted by molar-refractivity contribution is -0.113. The Morgan fingerprint density at radius 3 is 2.65 bits per heavy atom. The number of hydrogen-bond acceptors (Lipinski definition) is 4. The summed E-state index contributed by atoms with van der Waals surface area (Å²) in [5, 5.41) is 4.18. The number of nitrogens with one attached hydrogen (secondary N) is 1. The highest BCUT2D eigenvalue weighted by atomic mass is 35.5. The first kappa shape index (κ1) is 26.1. The van der Waals surface area contributed by atoms with E-state index in [9.17, 15) is 9.59 Å². The third kappa shape index (κ3) is 5.10. The van der Waals surface area contributed by atoms with Gasteiger partial charge in [0.25, 0.3) is 5.56 Å². The molecule has 0 saturated heterocycles. The Kier molecular flexibility index (Phi) is 7.51. The van der Waals surface area contributed by atoms with Crippen molar-refractivity contribution < 1.29 is 4.79 Å². The number of carbonyl (C=O) groups excluding carboxylic acids is 1. The van der Waals surface area contributed by atoms with Gasteiger partial charge in [-0.15, -0.1) is 0 Å². The van der Waals surface area contributed by atoms with Gasteiger partial charge in [0.1, 0.15) is 0 Å². The lowest BCUT2D eigenvalue weighted by atomic mass is 9.62. The van der Waals surface area contributed by atoms with Crippen LogP contribution in [0.25, 0.3) is 11.3 Å². The van der Waals surface area contributed by atoms with Crippen LogP contribution in [0.1, 0.15) is 62.6 Å². The van der Waals surface area contributed by atoms with Crippen LogP contribution in [0.3, 0.4) is 0 Å². The second-order valence-electron chi connectivity index (χ2n) is 10.9. The molecular weight excluding hydrogens is 502 g/mol. The SMILES string of the molecule is Cc1c(Cl)cccc1NC(=O)CSc1nc2c(c(=O)n1CC(C)C)C1(CCCCC1)Cc1ccccc1-2. The minimum Gasteiger partial charge on any atom is -0.325 e. The van der Waals surface area contributed by atoms with Gasteiger partial charge in [-0.1, -0.05) is 86.8 Å². The van der Waals surface area contributed by atoms with Crippen molar-refractivity contribution in [1.29, 1.82) is 0 Å². The van der Waals surface area contributed by atoms with Crippen molar-refractivity contribution in [3.8, 4) is 11.3 Å². The van der Waals surface area contributed by atoms with Crippen LogP contribution in [0.5, 0.6) is 0 Å². The molecule has 1 fully saturated rings. The van der Waals surface area contributed by atoms with Crippen molar-refractivity contribution in [3.63, 3.8) is 0 Å². The van der Waals surface area contributed by atoms with Gasteiger partial charge in [-0.25, -0.2) is 4.98 Å². The first-order chi connectivity index (χ1) is 17.8. The van der Waals surface area contributed by atoms with Crippen molar-refractivity contribution in [3.05, 3.63) is 74.5 Å². The molecule has 1 amide bonds. The summed E-state index contributed by atoms with van der Waals surface area (Å²) in [5.41, 5.74) is 5.51. The Balaban J connectivity index is 1.54. The first-order valence-corrected chi connectivity index (χ1v) is 14.6. The van der Waals surface area contributed by atoms with Crippen molar-refractivity contribution >= 4 is 35.0 Å². The molecule has 0 atom stereocenters. The molecule has 37 heavy (non-hydrogen) atoms. The van der Waals surface area contributed by atoms with E-state index in [-0.39, 0.29) is 28.6 Å². The lowest BCUT2D eigenvalue weighted by Gasteiger charge is -2.42. The van der Waals surface area contributed by atoms with E-state index in [1.54, 1.807) is 6.07 Å². The van der Waals surface area contributed by atoms with E-state index in [4.69, 9.17) is 16.6 Å². The van der Waals surface area contributed by atoms with E-state index < -0.39 is 0 Å². The second-order valence-corrected chi connectivity index (χ2v) is 12.2. The van der Waals surface area contributed by atoms with E-state index in [0.717, 1.165) is 54.5 Å². The molecule has 2 aliphatic carbocycles. The third-order valence-corrected chi connectivity index (χ3v) is 9.08. The average molecular weight is 536 g/mol. The number of aromatic nitrogens is 2. The monoisotopic (exact) mass is 535 g/mol. The number of halogens is 1. The summed E-state index contributed by atoms with van der Waals surface area (Å²) in [6.45, 7) is 6.68. The maximum Gasteiger partial charge on any atom is 0.258 e. The molecule has 1 spiro atoms. The van der Waals surface area contributed by atoms with Gasteiger partial charge in [-0.3, -0.25) is 14.2 Å². The molecule has 0 radical (unpaired) electrons. The fourth-order valence-corrected chi connectivity index (χ4v) is 6.89. The quantitative estimate of drug-likeness (QED) is 0.272. The molecule has 2 aliphatic rings. The van der Waals surface area contributed by atoms with Gasteiger partial charge in [-0.05, 0) is 55.4 Å². The number of fused-ring (bicyclic) bond motifs is 4. The number of carbonyl (C=O) groups is 1. The molecule has 7 heteroatoms. The second kappa shape index (κ2) is 10.7. The van der Waals surface area contributed by atoms with Crippen LogP contribution >= 0.6 is 23.4 Å². The fourth-order valence-electron chi connectivity index (χ4n) is 5.92. The molecule has 5 nitrogen and oxygen atoms in total. The van der Waals surface area contributed by atoms with Gasteiger partial charge in [0.15, 0.2) is 5.16 Å². The van der Waals surface area contributed by atoms with Gasteiger partial charge >= 0.3 is 0 Å². The van der Waals surface area contributed by atoms with Crippen molar-refractivity contribution in [2.75, 3.05) is 11.1 Å². The van der Waals surface area contributed by atoms with Gasteiger partial charge in [-0.2, -0.15) is 0 Å². The number of nitrogens with zero attached hydrogens (tertiary/aromatic N) is 2. The molecule has 1 N–H and O–H groups in total. The molecule has 1 saturated carbocycles. The highest BCUT2D eigenvalue weighted by molar-refractivity contribution is 7.99. The van der Waals surface area contributed by atoms with Crippen LogP contribution in [0, 0.1) is 12.8 Å². The Labute approximate surface area is 228 Å². The summed E-state index contributed by atoms with van der Waals surface area (Å²) in [6.07, 6.45) is 6.47. The summed E-state index contributed by atoms with van der Waals surface area (Å²) < 4.78 is 1.83. The molecule has 1 aromatic heterocycles. The maximum atomic E-state index is 14.3. The normalized spacial score (nSPS) is 15.9. The van der Waals surface area contributed by atoms with E-state index in [0.29, 0.717) is 22.4 Å². The molecule has 194 valence electrons. The van der Waals surface area contributed by atoms with Crippen LogP contribution in [0.4, 0.5) is 5.69 Å². The van der Waals surface area contributed by atoms with Crippen molar-refractivity contribution in [1.82, 2.24) is 9.55 Å². The molecular formula is C30H34ClN3O2S. The van der Waals surface area contributed by atoms with E-state index in [2.05, 4.69) is 37.4 Å². The maximum absolute atomic E-state index is 14.3. The van der Waals surface area contributed by atoms with Crippen LogP contribution < -0.4 is 10.9 Å². The number of rotatable bonds is 6. The Hall–Kier alpha value is -2.57. The minimum absolute atomic E-state index is 0.0729. The van der Waals surface area contributed by atoms with E-state index in [1.807, 2.05) is 29.7 Å². The van der Waals surface area contributed by atoms with Crippen molar-refractivity contribution in [2.45, 2.75) is 76.4 Å². The summed E-state index contributed by atoms with van der Waals surface area (Å²) >= 11 is 7.55. The van der Waals surface area contributed by atoms with Crippen LogP contribution in [0.2, 0.25) is 5.02 Å². The van der Waals surface area contributed by atoms with Crippen LogP contribution in [-0.2, 0) is 23.2 Å². The standard InChI is InChI=1S/C30H34ClN3O2S/c1-19(2)17-34-28(36)26-27(22-11-6-5-10-21(22)16-30(26)14-7-4-8-15-30)33-29(34)37-18-25(35)32-24-13-9-12-23(31)20(24)3/h5-6,9-13,19H,4,7-8,14-18H2,1-3H3,(H,32,35). The largest absolute Gasteiger partial charge is 0.325 e. The van der Waals surface area contributed by atoms with Crippen molar-refractivity contribution in [2.24, 2.45) is 5.92 Å². The van der Waals surface area contributed by atoms with Crippen LogP contribution in [0.15, 0.2) is 52.4 Å². The summed E-state index contributed by atoms with van der Waals surface area (Å²) in [4.78, 5) is 32.3. The molecule has 0 unspecified atom stereocenters. The number of amides is 1. The average Bonchev–Trinajstić information content (AvgIpc) is 2.87. The first-order valence-electron chi connectivity index (χ1n) is 13.2. The van der Waals surface area contributed by atoms with E-state index in [1.165, 1.54) is 23.7 Å². The molecule has 3 aromatic rings. The number of anilines is 1. The topological polar surface area (TPSA) is 64.0 Å². The third-order valence-electron chi connectivity index (χ3n) is 7.70. The highest BCUT2D eigenvalue weighted by Gasteiger charge is 2.43. The minimum atomic E-state index is -0.150. The lowest BCUT2D eigenvalue weighted by Crippen LogP contribution is -2.43. The smallest absolute Gasteiger partial charge is 0.258 e. The summed E-state index contributed by atoms with van der Waals surface area (Å²) in [5.74, 6) is 0.280. The number of benzene rings is 2. The Bertz CT molecular complexity index is 1390. The van der Waals surface area contributed by atoms with Gasteiger partial charge < -0.3 is 5.32 Å². The van der Waals surface area contributed by atoms with Gasteiger partial charge in [0, 0.05) is 28.2 Å².